The van der Waals surface area contributed by atoms with Gasteiger partial charge in [-0.05, 0) is 18.5 Å². The Morgan fingerprint density at radius 1 is 1.92 bits per heavy atom. The van der Waals surface area contributed by atoms with Crippen molar-refractivity contribution in [2.45, 2.75) is 13.0 Å². The monoisotopic (exact) mass is 187 g/mol. The maximum absolute atomic E-state index is 11.1. The molecule has 1 aromatic heterocycles. The van der Waals surface area contributed by atoms with Crippen LogP contribution in [0.25, 0.3) is 0 Å². The van der Waals surface area contributed by atoms with Crippen LogP contribution in [0.15, 0.2) is 6.20 Å². The molecule has 0 bridgehead atoms. The molecule has 0 unspecified atom stereocenters. The predicted molar refractivity (Wildman–Crippen MR) is 43.9 cm³/mol. The topological polar surface area (TPSA) is 75.1 Å². The average molecular weight is 187 g/mol. The van der Waals surface area contributed by atoms with Crippen LogP contribution in [0.5, 0.6) is 0 Å². The summed E-state index contributed by atoms with van der Waals surface area (Å²) < 4.78 is 3.54. The highest BCUT2D eigenvalue weighted by Crippen LogP contribution is 2.00. The van der Waals surface area contributed by atoms with Crippen molar-refractivity contribution in [3.63, 3.8) is 0 Å². The Morgan fingerprint density at radius 2 is 2.67 bits per heavy atom. The Bertz CT molecular complexity index is 247. The van der Waals surface area contributed by atoms with Crippen LogP contribution in [0.4, 0.5) is 0 Å². The van der Waals surface area contributed by atoms with Crippen molar-refractivity contribution in [1.29, 1.82) is 0 Å². The first-order valence-electron chi connectivity index (χ1n) is 3.44. The van der Waals surface area contributed by atoms with E-state index in [1.165, 1.54) is 6.20 Å². The number of aliphatic hydroxyl groups is 1. The smallest absolute Gasteiger partial charge is 0.264 e. The van der Waals surface area contributed by atoms with Crippen molar-refractivity contribution < 1.29 is 9.90 Å². The zero-order valence-corrected chi connectivity index (χ0v) is 7.34. The molecule has 1 rings (SSSR count). The molecule has 6 heteroatoms. The highest BCUT2D eigenvalue weighted by atomic mass is 32.1. The summed E-state index contributed by atoms with van der Waals surface area (Å²) in [6.45, 7) is 1.85. The standard InChI is InChI=1S/C6H9N3O2S/c1-4(10)2-7-6(11)5-3-8-9-12-5/h3-4,10H,2H2,1H3,(H,7,11)/t4-/m0/s1. The van der Waals surface area contributed by atoms with E-state index in [0.29, 0.717) is 4.88 Å². The third kappa shape index (κ3) is 2.55. The van der Waals surface area contributed by atoms with Crippen molar-refractivity contribution >= 4 is 17.4 Å². The van der Waals surface area contributed by atoms with Crippen molar-refractivity contribution in [3.8, 4) is 0 Å². The summed E-state index contributed by atoms with van der Waals surface area (Å²) in [5.74, 6) is -0.245. The van der Waals surface area contributed by atoms with Gasteiger partial charge in [-0.1, -0.05) is 4.49 Å². The number of rotatable bonds is 3. The number of hydrogen-bond acceptors (Lipinski definition) is 5. The van der Waals surface area contributed by atoms with Gasteiger partial charge in [0.25, 0.3) is 5.91 Å². The molecule has 5 nitrogen and oxygen atoms in total. The van der Waals surface area contributed by atoms with E-state index in [9.17, 15) is 4.79 Å². The van der Waals surface area contributed by atoms with Gasteiger partial charge >= 0.3 is 0 Å². The Hall–Kier alpha value is -1.01. The highest BCUT2D eigenvalue weighted by molar-refractivity contribution is 7.07. The molecule has 12 heavy (non-hydrogen) atoms. The Morgan fingerprint density at radius 3 is 3.17 bits per heavy atom. The average Bonchev–Trinajstić information content (AvgIpc) is 2.51. The molecule has 1 amide bonds. The number of aliphatic hydroxyl groups excluding tert-OH is 1. The van der Waals surface area contributed by atoms with E-state index in [1.54, 1.807) is 6.92 Å². The van der Waals surface area contributed by atoms with Crippen molar-refractivity contribution in [2.75, 3.05) is 6.54 Å². The minimum Gasteiger partial charge on any atom is -0.392 e. The second-order valence-corrected chi connectivity index (χ2v) is 3.13. The number of nitrogens with zero attached hydrogens (tertiary/aromatic N) is 2. The van der Waals surface area contributed by atoms with Crippen LogP contribution in [0.3, 0.4) is 0 Å². The molecular formula is C6H9N3O2S. The second-order valence-electron chi connectivity index (χ2n) is 2.34. The summed E-state index contributed by atoms with van der Waals surface area (Å²) in [7, 11) is 0. The summed E-state index contributed by atoms with van der Waals surface area (Å²) in [5, 5.41) is 14.9. The van der Waals surface area contributed by atoms with E-state index < -0.39 is 6.10 Å². The quantitative estimate of drug-likeness (QED) is 0.678. The lowest BCUT2D eigenvalue weighted by molar-refractivity contribution is 0.0928. The van der Waals surface area contributed by atoms with Crippen LogP contribution in [0.2, 0.25) is 0 Å². The van der Waals surface area contributed by atoms with Crippen molar-refractivity contribution in [2.24, 2.45) is 0 Å². The number of nitrogens with one attached hydrogen (secondary N) is 1. The van der Waals surface area contributed by atoms with Crippen LogP contribution in [-0.4, -0.2) is 33.2 Å². The van der Waals surface area contributed by atoms with E-state index in [4.69, 9.17) is 5.11 Å². The molecular weight excluding hydrogens is 178 g/mol. The predicted octanol–water partition coefficient (Wildman–Crippen LogP) is -0.351. The molecule has 1 heterocycles. The highest BCUT2D eigenvalue weighted by Gasteiger charge is 2.07. The third-order valence-corrected chi connectivity index (χ3v) is 1.81. The van der Waals surface area contributed by atoms with E-state index in [2.05, 4.69) is 14.9 Å². The molecule has 0 aliphatic carbocycles. The van der Waals surface area contributed by atoms with Gasteiger partial charge in [-0.2, -0.15) is 0 Å². The van der Waals surface area contributed by atoms with Gasteiger partial charge in [0.05, 0.1) is 12.3 Å². The maximum Gasteiger partial charge on any atom is 0.264 e. The largest absolute Gasteiger partial charge is 0.392 e. The van der Waals surface area contributed by atoms with Gasteiger partial charge in [0.1, 0.15) is 4.88 Å². The molecule has 0 radical (unpaired) electrons. The Balaban J connectivity index is 2.40. The van der Waals surface area contributed by atoms with Crippen LogP contribution < -0.4 is 5.32 Å². The van der Waals surface area contributed by atoms with Gasteiger partial charge in [0, 0.05) is 6.54 Å². The van der Waals surface area contributed by atoms with Gasteiger partial charge in [-0.3, -0.25) is 4.79 Å². The Kier molecular flexibility index (Phi) is 3.12. The van der Waals surface area contributed by atoms with Crippen LogP contribution >= 0.6 is 11.5 Å². The number of amides is 1. The number of hydrogen-bond donors (Lipinski definition) is 2. The lowest BCUT2D eigenvalue weighted by Crippen LogP contribution is -2.29. The summed E-state index contributed by atoms with van der Waals surface area (Å²) in [4.78, 5) is 11.6. The molecule has 0 aliphatic heterocycles. The van der Waals surface area contributed by atoms with Gasteiger partial charge in [-0.15, -0.1) is 5.10 Å². The van der Waals surface area contributed by atoms with Gasteiger partial charge in [0.15, 0.2) is 0 Å². The van der Waals surface area contributed by atoms with Gasteiger partial charge in [-0.25, -0.2) is 0 Å². The minimum absolute atomic E-state index is 0.245. The summed E-state index contributed by atoms with van der Waals surface area (Å²) in [6.07, 6.45) is 0.858. The molecule has 2 N–H and O–H groups in total. The molecule has 0 aliphatic rings. The number of aromatic nitrogens is 2. The van der Waals surface area contributed by atoms with Crippen LogP contribution in [0, 0.1) is 0 Å². The van der Waals surface area contributed by atoms with Gasteiger partial charge < -0.3 is 10.4 Å². The van der Waals surface area contributed by atoms with Crippen LogP contribution in [-0.2, 0) is 0 Å². The van der Waals surface area contributed by atoms with Crippen LogP contribution in [0.1, 0.15) is 16.6 Å². The fraction of sp³-hybridized carbons (Fsp3) is 0.500. The number of carbonyl (C=O) groups excluding carboxylic acids is 1. The first-order valence-corrected chi connectivity index (χ1v) is 4.21. The van der Waals surface area contributed by atoms with E-state index in [-0.39, 0.29) is 12.5 Å². The molecule has 66 valence electrons. The molecule has 0 aromatic carbocycles. The van der Waals surface area contributed by atoms with Crippen molar-refractivity contribution in [1.82, 2.24) is 14.9 Å². The minimum atomic E-state index is -0.533. The third-order valence-electron chi connectivity index (χ3n) is 1.14. The molecule has 0 saturated carbocycles. The Labute approximate surface area is 73.6 Å². The fourth-order valence-corrected chi connectivity index (χ4v) is 1.03. The van der Waals surface area contributed by atoms with E-state index >= 15 is 0 Å². The van der Waals surface area contributed by atoms with E-state index in [0.717, 1.165) is 11.5 Å². The zero-order valence-electron chi connectivity index (χ0n) is 6.52. The second kappa shape index (κ2) is 4.13. The normalized spacial score (nSPS) is 12.5. The maximum atomic E-state index is 11.1. The first kappa shape index (κ1) is 9.08. The lowest BCUT2D eigenvalue weighted by Gasteiger charge is -2.03. The molecule has 1 aromatic rings. The molecule has 0 saturated heterocycles. The molecule has 0 fully saturated rings. The molecule has 0 spiro atoms. The van der Waals surface area contributed by atoms with E-state index in [1.807, 2.05) is 0 Å². The first-order chi connectivity index (χ1) is 5.70. The SMILES string of the molecule is C[C@H](O)CNC(=O)c1cnns1. The lowest BCUT2D eigenvalue weighted by atomic mass is 10.4. The molecule has 1 atom stereocenters. The summed E-state index contributed by atoms with van der Waals surface area (Å²) >= 11 is 1.03. The number of carbonyl (C=O) groups is 1. The van der Waals surface area contributed by atoms with Crippen molar-refractivity contribution in [3.05, 3.63) is 11.1 Å². The zero-order chi connectivity index (χ0) is 8.97. The summed E-state index contributed by atoms with van der Waals surface area (Å²) in [6, 6.07) is 0. The van der Waals surface area contributed by atoms with Gasteiger partial charge in [0.2, 0.25) is 0 Å². The summed E-state index contributed by atoms with van der Waals surface area (Å²) in [5.41, 5.74) is 0. The fourth-order valence-electron chi connectivity index (χ4n) is 0.595.